The Balaban J connectivity index is 2.16. The van der Waals surface area contributed by atoms with Gasteiger partial charge in [-0.1, -0.05) is 19.3 Å². The minimum absolute atomic E-state index is 0.289. The number of nitrogens with one attached hydrogen (secondary N) is 1. The molecule has 3 heteroatoms. The highest BCUT2D eigenvalue weighted by molar-refractivity contribution is 7.98. The third-order valence-electron chi connectivity index (χ3n) is 2.97. The molecule has 14 heavy (non-hydrogen) atoms. The van der Waals surface area contributed by atoms with E-state index in [0.717, 1.165) is 12.2 Å². The zero-order chi connectivity index (χ0) is 10.2. The smallest absolute Gasteiger partial charge is 0.0585 e. The fourth-order valence-electron chi connectivity index (χ4n) is 2.09. The maximum absolute atomic E-state index is 9.21. The van der Waals surface area contributed by atoms with E-state index in [1.165, 1.54) is 32.1 Å². The van der Waals surface area contributed by atoms with Gasteiger partial charge in [-0.3, -0.25) is 0 Å². The van der Waals surface area contributed by atoms with Crippen LogP contribution in [0.5, 0.6) is 0 Å². The van der Waals surface area contributed by atoms with Gasteiger partial charge in [-0.15, -0.1) is 0 Å². The summed E-state index contributed by atoms with van der Waals surface area (Å²) in [5.74, 6) is 1.14. The van der Waals surface area contributed by atoms with Crippen LogP contribution >= 0.6 is 11.8 Å². The van der Waals surface area contributed by atoms with E-state index in [-0.39, 0.29) is 6.61 Å². The van der Waals surface area contributed by atoms with Crippen LogP contribution in [0.25, 0.3) is 0 Å². The molecule has 0 aromatic heterocycles. The standard InChI is InChI=1S/C11H23NOS/c1-14-8-7-11(9-13)12-10-5-3-2-4-6-10/h10-13H,2-9H2,1H3. The van der Waals surface area contributed by atoms with Gasteiger partial charge in [0.25, 0.3) is 0 Å². The summed E-state index contributed by atoms with van der Waals surface area (Å²) in [6, 6.07) is 0.994. The summed E-state index contributed by atoms with van der Waals surface area (Å²) in [6.45, 7) is 0.289. The third kappa shape index (κ3) is 4.67. The first-order valence-electron chi connectivity index (χ1n) is 5.72. The van der Waals surface area contributed by atoms with Crippen LogP contribution in [0.2, 0.25) is 0 Å². The molecule has 1 atom stereocenters. The van der Waals surface area contributed by atoms with Crippen LogP contribution < -0.4 is 5.32 Å². The van der Waals surface area contributed by atoms with E-state index < -0.39 is 0 Å². The number of hydrogen-bond donors (Lipinski definition) is 2. The summed E-state index contributed by atoms with van der Waals surface area (Å²) < 4.78 is 0. The minimum Gasteiger partial charge on any atom is -0.395 e. The largest absolute Gasteiger partial charge is 0.395 e. The lowest BCUT2D eigenvalue weighted by molar-refractivity contribution is 0.216. The van der Waals surface area contributed by atoms with Crippen LogP contribution in [0.3, 0.4) is 0 Å². The summed E-state index contributed by atoms with van der Waals surface area (Å²) in [5, 5.41) is 12.8. The predicted octanol–water partition coefficient (Wildman–Crippen LogP) is 2.02. The SMILES string of the molecule is CSCCC(CO)NC1CCCCC1. The maximum atomic E-state index is 9.21. The molecule has 0 heterocycles. The molecule has 84 valence electrons. The maximum Gasteiger partial charge on any atom is 0.0585 e. The molecule has 2 N–H and O–H groups in total. The number of rotatable bonds is 6. The second-order valence-corrected chi connectivity index (χ2v) is 5.15. The van der Waals surface area contributed by atoms with E-state index in [4.69, 9.17) is 0 Å². The first-order valence-corrected chi connectivity index (χ1v) is 7.12. The van der Waals surface area contributed by atoms with Crippen LogP contribution in [0, 0.1) is 0 Å². The van der Waals surface area contributed by atoms with Crippen molar-refractivity contribution in [2.24, 2.45) is 0 Å². The van der Waals surface area contributed by atoms with Gasteiger partial charge in [0.05, 0.1) is 6.61 Å². The van der Waals surface area contributed by atoms with Crippen molar-refractivity contribution in [3.63, 3.8) is 0 Å². The number of hydrogen-bond acceptors (Lipinski definition) is 3. The molecule has 0 aromatic rings. The van der Waals surface area contributed by atoms with E-state index in [1.54, 1.807) is 0 Å². The van der Waals surface area contributed by atoms with Gasteiger partial charge in [0.15, 0.2) is 0 Å². The molecule has 1 saturated carbocycles. The molecule has 1 fully saturated rings. The van der Waals surface area contributed by atoms with Gasteiger partial charge in [0, 0.05) is 12.1 Å². The van der Waals surface area contributed by atoms with Gasteiger partial charge < -0.3 is 10.4 Å². The molecule has 0 aromatic carbocycles. The lowest BCUT2D eigenvalue weighted by Crippen LogP contribution is -2.41. The molecule has 1 aliphatic carbocycles. The third-order valence-corrected chi connectivity index (χ3v) is 3.61. The topological polar surface area (TPSA) is 32.3 Å². The van der Waals surface area contributed by atoms with Crippen molar-refractivity contribution in [2.75, 3.05) is 18.6 Å². The van der Waals surface area contributed by atoms with Crippen LogP contribution in [-0.4, -0.2) is 35.8 Å². The van der Waals surface area contributed by atoms with Crippen LogP contribution in [0.1, 0.15) is 38.5 Å². The quantitative estimate of drug-likeness (QED) is 0.714. The molecule has 0 amide bonds. The van der Waals surface area contributed by atoms with Crippen molar-refractivity contribution in [2.45, 2.75) is 50.6 Å². The summed E-state index contributed by atoms with van der Waals surface area (Å²) >= 11 is 1.86. The van der Waals surface area contributed by atoms with Crippen molar-refractivity contribution < 1.29 is 5.11 Å². The summed E-state index contributed by atoms with van der Waals surface area (Å²) in [4.78, 5) is 0. The van der Waals surface area contributed by atoms with Crippen molar-refractivity contribution >= 4 is 11.8 Å². The average molecular weight is 217 g/mol. The van der Waals surface area contributed by atoms with Gasteiger partial charge in [0.1, 0.15) is 0 Å². The van der Waals surface area contributed by atoms with Crippen molar-refractivity contribution in [3.05, 3.63) is 0 Å². The van der Waals surface area contributed by atoms with E-state index in [1.807, 2.05) is 11.8 Å². The molecule has 0 spiro atoms. The second kappa shape index (κ2) is 7.55. The average Bonchev–Trinajstić information content (AvgIpc) is 2.25. The van der Waals surface area contributed by atoms with E-state index in [2.05, 4.69) is 11.6 Å². The number of aliphatic hydroxyl groups excluding tert-OH is 1. The molecule has 0 radical (unpaired) electrons. The fraction of sp³-hybridized carbons (Fsp3) is 1.00. The van der Waals surface area contributed by atoms with E-state index in [0.29, 0.717) is 12.1 Å². The highest BCUT2D eigenvalue weighted by Crippen LogP contribution is 2.18. The molecule has 0 bridgehead atoms. The summed E-state index contributed by atoms with van der Waals surface area (Å²) in [5.41, 5.74) is 0. The van der Waals surface area contributed by atoms with Gasteiger partial charge >= 0.3 is 0 Å². The van der Waals surface area contributed by atoms with E-state index >= 15 is 0 Å². The Hall–Kier alpha value is 0.270. The van der Waals surface area contributed by atoms with Crippen LogP contribution in [-0.2, 0) is 0 Å². The lowest BCUT2D eigenvalue weighted by atomic mass is 9.95. The lowest BCUT2D eigenvalue weighted by Gasteiger charge is -2.27. The number of aliphatic hydroxyl groups is 1. The normalized spacial score (nSPS) is 21.0. The van der Waals surface area contributed by atoms with Gasteiger partial charge in [-0.25, -0.2) is 0 Å². The molecule has 1 rings (SSSR count). The highest BCUT2D eigenvalue weighted by Gasteiger charge is 2.16. The van der Waals surface area contributed by atoms with Crippen molar-refractivity contribution in [1.29, 1.82) is 0 Å². The fourth-order valence-corrected chi connectivity index (χ4v) is 2.61. The Kier molecular flexibility index (Phi) is 6.65. The van der Waals surface area contributed by atoms with Crippen molar-refractivity contribution in [1.82, 2.24) is 5.32 Å². The second-order valence-electron chi connectivity index (χ2n) is 4.16. The zero-order valence-corrected chi connectivity index (χ0v) is 9.98. The molecule has 1 unspecified atom stereocenters. The Labute approximate surface area is 91.9 Å². The Morgan fingerprint density at radius 3 is 2.64 bits per heavy atom. The Morgan fingerprint density at radius 2 is 2.07 bits per heavy atom. The van der Waals surface area contributed by atoms with Crippen LogP contribution in [0.15, 0.2) is 0 Å². The monoisotopic (exact) mass is 217 g/mol. The molecule has 2 nitrogen and oxygen atoms in total. The Morgan fingerprint density at radius 1 is 1.36 bits per heavy atom. The molecular formula is C11H23NOS. The van der Waals surface area contributed by atoms with Crippen molar-refractivity contribution in [3.8, 4) is 0 Å². The van der Waals surface area contributed by atoms with Gasteiger partial charge in [0.2, 0.25) is 0 Å². The molecule has 1 aliphatic rings. The predicted molar refractivity (Wildman–Crippen MR) is 63.9 cm³/mol. The summed E-state index contributed by atoms with van der Waals surface area (Å²) in [6.07, 6.45) is 9.93. The van der Waals surface area contributed by atoms with E-state index in [9.17, 15) is 5.11 Å². The molecule has 0 aliphatic heterocycles. The first-order chi connectivity index (χ1) is 6.86. The number of thioether (sulfide) groups is 1. The highest BCUT2D eigenvalue weighted by atomic mass is 32.2. The molecular weight excluding hydrogens is 194 g/mol. The van der Waals surface area contributed by atoms with Gasteiger partial charge in [-0.2, -0.15) is 11.8 Å². The Bertz CT molecular complexity index is 137. The summed E-state index contributed by atoms with van der Waals surface area (Å²) in [7, 11) is 0. The minimum atomic E-state index is 0.289. The van der Waals surface area contributed by atoms with Crippen LogP contribution in [0.4, 0.5) is 0 Å². The van der Waals surface area contributed by atoms with Gasteiger partial charge in [-0.05, 0) is 31.3 Å². The molecule has 0 saturated heterocycles. The zero-order valence-electron chi connectivity index (χ0n) is 9.17. The first kappa shape index (κ1) is 12.3.